The van der Waals surface area contributed by atoms with E-state index in [1.54, 1.807) is 19.6 Å². The number of methoxy groups -OCH3 is 1. The van der Waals surface area contributed by atoms with Gasteiger partial charge in [0.2, 0.25) is 0 Å². The van der Waals surface area contributed by atoms with Gasteiger partial charge in [0.1, 0.15) is 5.58 Å². The van der Waals surface area contributed by atoms with Gasteiger partial charge in [-0.05, 0) is 12.1 Å². The lowest BCUT2D eigenvalue weighted by molar-refractivity contribution is 0.341. The van der Waals surface area contributed by atoms with E-state index in [4.69, 9.17) is 9.15 Å². The summed E-state index contributed by atoms with van der Waals surface area (Å²) in [5, 5.41) is 1.11. The van der Waals surface area contributed by atoms with Gasteiger partial charge in [-0.3, -0.25) is 0 Å². The molecule has 0 fully saturated rings. The highest BCUT2D eigenvalue weighted by Crippen LogP contribution is 2.21. The Kier molecular flexibility index (Phi) is 2.04. The average Bonchev–Trinajstić information content (AvgIpc) is 2.58. The summed E-state index contributed by atoms with van der Waals surface area (Å²) in [5.41, 5.74) is 1.94. The number of furan rings is 1. The Balaban J connectivity index is 2.52. The van der Waals surface area contributed by atoms with Crippen LogP contribution in [0.5, 0.6) is 0 Å². The van der Waals surface area contributed by atoms with E-state index >= 15 is 0 Å². The molecule has 0 aliphatic carbocycles. The van der Waals surface area contributed by atoms with E-state index in [-0.39, 0.29) is 0 Å². The Bertz CT molecular complexity index is 426. The van der Waals surface area contributed by atoms with E-state index in [9.17, 15) is 0 Å². The van der Waals surface area contributed by atoms with Crippen molar-refractivity contribution in [1.29, 1.82) is 0 Å². The van der Waals surface area contributed by atoms with E-state index in [0.29, 0.717) is 0 Å². The lowest BCUT2D eigenvalue weighted by Crippen LogP contribution is -1.68. The van der Waals surface area contributed by atoms with Gasteiger partial charge in [-0.2, -0.15) is 0 Å². The van der Waals surface area contributed by atoms with Gasteiger partial charge >= 0.3 is 0 Å². The predicted octanol–water partition coefficient (Wildman–Crippen LogP) is 3.05. The molecule has 0 N–H and O–H groups in total. The van der Waals surface area contributed by atoms with Crippen LogP contribution in [0.3, 0.4) is 0 Å². The van der Waals surface area contributed by atoms with Crippen LogP contribution in [0.2, 0.25) is 0 Å². The van der Waals surface area contributed by atoms with Crippen molar-refractivity contribution < 1.29 is 9.15 Å². The highest BCUT2D eigenvalue weighted by atomic mass is 16.5. The quantitative estimate of drug-likeness (QED) is 0.653. The maximum Gasteiger partial charge on any atom is 0.134 e. The molecule has 0 saturated carbocycles. The van der Waals surface area contributed by atoms with Crippen molar-refractivity contribution in [3.8, 4) is 0 Å². The van der Waals surface area contributed by atoms with Gasteiger partial charge in [0.05, 0.1) is 19.6 Å². The molecule has 0 bridgehead atoms. The number of para-hydroxylation sites is 1. The molecule has 2 rings (SSSR count). The molecule has 0 unspecified atom stereocenters. The summed E-state index contributed by atoms with van der Waals surface area (Å²) in [4.78, 5) is 0. The largest absolute Gasteiger partial charge is 0.504 e. The van der Waals surface area contributed by atoms with Gasteiger partial charge in [-0.1, -0.05) is 18.2 Å². The fraction of sp³-hybridized carbons (Fsp3) is 0.0909. The fourth-order valence-electron chi connectivity index (χ4n) is 1.27. The minimum absolute atomic E-state index is 0.901. The van der Waals surface area contributed by atoms with E-state index in [1.807, 2.05) is 30.3 Å². The third-order valence-corrected chi connectivity index (χ3v) is 1.89. The second-order valence-corrected chi connectivity index (χ2v) is 2.73. The summed E-state index contributed by atoms with van der Waals surface area (Å²) in [7, 11) is 1.62. The lowest BCUT2D eigenvalue weighted by Gasteiger charge is -1.88. The molecule has 1 aromatic carbocycles. The van der Waals surface area contributed by atoms with Crippen molar-refractivity contribution in [2.45, 2.75) is 0 Å². The summed E-state index contributed by atoms with van der Waals surface area (Å²) >= 11 is 0. The van der Waals surface area contributed by atoms with Crippen LogP contribution in [-0.2, 0) is 4.74 Å². The van der Waals surface area contributed by atoms with Gasteiger partial charge in [-0.25, -0.2) is 0 Å². The Labute approximate surface area is 76.4 Å². The monoisotopic (exact) mass is 174 g/mol. The molecular weight excluding hydrogens is 164 g/mol. The average molecular weight is 174 g/mol. The zero-order chi connectivity index (χ0) is 9.10. The molecule has 0 radical (unpaired) electrons. The maximum absolute atomic E-state index is 5.34. The van der Waals surface area contributed by atoms with Gasteiger partial charge < -0.3 is 9.15 Å². The second kappa shape index (κ2) is 3.35. The zero-order valence-corrected chi connectivity index (χ0v) is 7.36. The standard InChI is InChI=1S/C11H10O2/c1-12-7-6-9-8-13-11-5-3-2-4-10(9)11/h2-8H,1H3/b7-6-. The third kappa shape index (κ3) is 1.43. The number of fused-ring (bicyclic) bond motifs is 1. The summed E-state index contributed by atoms with van der Waals surface area (Å²) < 4.78 is 10.2. The van der Waals surface area contributed by atoms with E-state index in [2.05, 4.69) is 0 Å². The Hall–Kier alpha value is -1.70. The lowest BCUT2D eigenvalue weighted by atomic mass is 10.2. The molecule has 2 aromatic rings. The molecule has 0 spiro atoms. The predicted molar refractivity (Wildman–Crippen MR) is 52.3 cm³/mol. The fourth-order valence-corrected chi connectivity index (χ4v) is 1.27. The number of hydrogen-bond donors (Lipinski definition) is 0. The molecule has 66 valence electrons. The highest BCUT2D eigenvalue weighted by Gasteiger charge is 2.00. The number of ether oxygens (including phenoxy) is 1. The van der Waals surface area contributed by atoms with Crippen molar-refractivity contribution in [3.05, 3.63) is 42.4 Å². The van der Waals surface area contributed by atoms with Gasteiger partial charge in [0.25, 0.3) is 0 Å². The normalized spacial score (nSPS) is 11.2. The summed E-state index contributed by atoms with van der Waals surface area (Å²) in [5.74, 6) is 0. The van der Waals surface area contributed by atoms with Crippen LogP contribution >= 0.6 is 0 Å². The summed E-state index contributed by atoms with van der Waals surface area (Å²) in [6, 6.07) is 7.91. The number of benzene rings is 1. The molecule has 0 aliphatic rings. The molecule has 13 heavy (non-hydrogen) atoms. The second-order valence-electron chi connectivity index (χ2n) is 2.73. The van der Waals surface area contributed by atoms with Crippen molar-refractivity contribution >= 4 is 17.0 Å². The Morgan fingerprint density at radius 1 is 1.31 bits per heavy atom. The Morgan fingerprint density at radius 2 is 2.15 bits per heavy atom. The molecule has 0 aliphatic heterocycles. The third-order valence-electron chi connectivity index (χ3n) is 1.89. The van der Waals surface area contributed by atoms with Crippen LogP contribution in [0.25, 0.3) is 17.0 Å². The Morgan fingerprint density at radius 3 is 3.00 bits per heavy atom. The van der Waals surface area contributed by atoms with Gasteiger partial charge in [0, 0.05) is 10.9 Å². The van der Waals surface area contributed by atoms with Crippen LogP contribution in [0, 0.1) is 0 Å². The summed E-state index contributed by atoms with van der Waals surface area (Å²) in [6.45, 7) is 0. The van der Waals surface area contributed by atoms with Crippen molar-refractivity contribution in [1.82, 2.24) is 0 Å². The van der Waals surface area contributed by atoms with Crippen molar-refractivity contribution in [3.63, 3.8) is 0 Å². The first kappa shape index (κ1) is 7.92. The zero-order valence-electron chi connectivity index (χ0n) is 7.36. The van der Waals surface area contributed by atoms with Gasteiger partial charge in [0.15, 0.2) is 0 Å². The molecule has 0 saturated heterocycles. The number of hydrogen-bond acceptors (Lipinski definition) is 2. The first-order valence-corrected chi connectivity index (χ1v) is 4.07. The van der Waals surface area contributed by atoms with E-state index < -0.39 is 0 Å². The van der Waals surface area contributed by atoms with E-state index in [1.165, 1.54) is 0 Å². The molecule has 2 heteroatoms. The van der Waals surface area contributed by atoms with Crippen LogP contribution in [-0.4, -0.2) is 7.11 Å². The van der Waals surface area contributed by atoms with E-state index in [0.717, 1.165) is 16.5 Å². The molecule has 1 aromatic heterocycles. The molecule has 0 amide bonds. The molecule has 1 heterocycles. The van der Waals surface area contributed by atoms with Gasteiger partial charge in [-0.15, -0.1) is 0 Å². The smallest absolute Gasteiger partial charge is 0.134 e. The first-order chi connectivity index (χ1) is 6.42. The first-order valence-electron chi connectivity index (χ1n) is 4.07. The highest BCUT2D eigenvalue weighted by molar-refractivity contribution is 5.86. The van der Waals surface area contributed by atoms with Crippen LogP contribution in [0.1, 0.15) is 5.56 Å². The topological polar surface area (TPSA) is 22.4 Å². The van der Waals surface area contributed by atoms with Crippen molar-refractivity contribution in [2.24, 2.45) is 0 Å². The molecule has 0 atom stereocenters. The summed E-state index contributed by atoms with van der Waals surface area (Å²) in [6.07, 6.45) is 5.24. The van der Waals surface area contributed by atoms with Crippen molar-refractivity contribution in [2.75, 3.05) is 7.11 Å². The minimum Gasteiger partial charge on any atom is -0.504 e. The molecule has 2 nitrogen and oxygen atoms in total. The van der Waals surface area contributed by atoms with Crippen LogP contribution < -0.4 is 0 Å². The van der Waals surface area contributed by atoms with Crippen LogP contribution in [0.4, 0.5) is 0 Å². The SMILES string of the molecule is CO/C=C\c1coc2ccccc12. The minimum atomic E-state index is 0.901. The molecular formula is C11H10O2. The maximum atomic E-state index is 5.34. The number of rotatable bonds is 2. The van der Waals surface area contributed by atoms with Crippen LogP contribution in [0.15, 0.2) is 41.2 Å².